The number of ether oxygens (including phenoxy) is 1. The van der Waals surface area contributed by atoms with Crippen LogP contribution < -0.4 is 0 Å². The molecule has 0 saturated carbocycles. The number of rotatable bonds is 1. The maximum absolute atomic E-state index is 13.4. The van der Waals surface area contributed by atoms with E-state index in [-0.39, 0.29) is 34.1 Å². The molecule has 0 bridgehead atoms. The maximum atomic E-state index is 13.4. The molecule has 1 unspecified atom stereocenters. The molecule has 3 aliphatic rings. The third-order valence-corrected chi connectivity index (χ3v) is 5.64. The molecule has 1 aromatic carbocycles. The first-order chi connectivity index (χ1) is 13.9. The molecule has 6 nitrogen and oxygen atoms in total. The van der Waals surface area contributed by atoms with Gasteiger partial charge < -0.3 is 4.74 Å². The molecule has 1 aliphatic heterocycles. The van der Waals surface area contributed by atoms with E-state index < -0.39 is 5.92 Å². The summed E-state index contributed by atoms with van der Waals surface area (Å²) in [5, 5.41) is 0. The van der Waals surface area contributed by atoms with Crippen molar-refractivity contribution in [1.29, 1.82) is 0 Å². The molecule has 144 valence electrons. The molecule has 0 fully saturated rings. The van der Waals surface area contributed by atoms with Gasteiger partial charge in [0.1, 0.15) is 11.6 Å². The van der Waals surface area contributed by atoms with Crippen molar-refractivity contribution < 1.29 is 19.1 Å². The van der Waals surface area contributed by atoms with Gasteiger partial charge in [0.05, 0.1) is 11.5 Å². The van der Waals surface area contributed by atoms with E-state index in [4.69, 9.17) is 4.74 Å². The molecule has 0 N–H and O–H groups in total. The van der Waals surface area contributed by atoms with Gasteiger partial charge in [-0.15, -0.1) is 0 Å². The summed E-state index contributed by atoms with van der Waals surface area (Å²) >= 11 is 0. The lowest BCUT2D eigenvalue weighted by molar-refractivity contribution is -0.119. The summed E-state index contributed by atoms with van der Waals surface area (Å²) in [6, 6.07) is 8.34. The second-order valence-electron chi connectivity index (χ2n) is 8.37. The van der Waals surface area contributed by atoms with E-state index in [9.17, 15) is 14.4 Å². The summed E-state index contributed by atoms with van der Waals surface area (Å²) in [7, 11) is 0. The molecule has 0 radical (unpaired) electrons. The third-order valence-electron chi connectivity index (χ3n) is 5.64. The van der Waals surface area contributed by atoms with E-state index in [2.05, 4.69) is 9.97 Å². The van der Waals surface area contributed by atoms with Crippen LogP contribution in [-0.4, -0.2) is 27.3 Å². The van der Waals surface area contributed by atoms with E-state index in [1.54, 1.807) is 42.7 Å². The van der Waals surface area contributed by atoms with Gasteiger partial charge in [0, 0.05) is 41.9 Å². The molecule has 0 amide bonds. The molecule has 1 aromatic heterocycles. The Hall–Kier alpha value is -3.41. The van der Waals surface area contributed by atoms with Gasteiger partial charge >= 0.3 is 0 Å². The molecule has 6 heteroatoms. The van der Waals surface area contributed by atoms with Gasteiger partial charge in [-0.25, -0.2) is 9.97 Å². The van der Waals surface area contributed by atoms with Crippen LogP contribution in [0.5, 0.6) is 0 Å². The highest BCUT2D eigenvalue weighted by Crippen LogP contribution is 2.50. The fraction of sp³-hybridized carbons (Fsp3) is 0.261. The summed E-state index contributed by atoms with van der Waals surface area (Å²) in [6.07, 6.45) is 3.97. The number of carbonyl (C=O) groups is 3. The Kier molecular flexibility index (Phi) is 3.68. The smallest absolute Gasteiger partial charge is 0.229 e. The molecular weight excluding hydrogens is 368 g/mol. The molecule has 1 atom stereocenters. The Balaban J connectivity index is 1.76. The second-order valence-corrected chi connectivity index (χ2v) is 8.37. The number of fused-ring (bicyclic) bond motifs is 1. The number of hydrogen-bond donors (Lipinski definition) is 0. The standard InChI is InChI=1S/C23H18N2O4/c1-23(2)10-14(26)16-15(11-23)29-21-18(17(16)22-24-8-5-9-25-22)19(27)12-6-3-4-7-13(12)20(21)28/h3-9,17H,10-11H2,1-2H3. The summed E-state index contributed by atoms with van der Waals surface area (Å²) in [6.45, 7) is 3.97. The highest BCUT2D eigenvalue weighted by Gasteiger charge is 2.49. The lowest BCUT2D eigenvalue weighted by Gasteiger charge is -2.39. The van der Waals surface area contributed by atoms with Gasteiger partial charge in [-0.2, -0.15) is 0 Å². The molecule has 2 heterocycles. The van der Waals surface area contributed by atoms with Crippen molar-refractivity contribution in [3.05, 3.63) is 82.3 Å². The third kappa shape index (κ3) is 2.59. The lowest BCUT2D eigenvalue weighted by Crippen LogP contribution is -2.37. The molecule has 5 rings (SSSR count). The van der Waals surface area contributed by atoms with Crippen molar-refractivity contribution in [3.63, 3.8) is 0 Å². The molecule has 0 saturated heterocycles. The Bertz CT molecular complexity index is 1160. The normalized spacial score (nSPS) is 22.7. The van der Waals surface area contributed by atoms with Gasteiger partial charge in [-0.05, 0) is 11.5 Å². The van der Waals surface area contributed by atoms with Crippen LogP contribution in [0.3, 0.4) is 0 Å². The molecule has 29 heavy (non-hydrogen) atoms. The van der Waals surface area contributed by atoms with Crippen LogP contribution in [0.15, 0.2) is 65.4 Å². The molecule has 0 spiro atoms. The van der Waals surface area contributed by atoms with Crippen LogP contribution in [0.1, 0.15) is 59.1 Å². The SMILES string of the molecule is CC1(C)CC(=O)C2=C(C1)OC1=C(C(=O)c3ccccc3C1=O)C2c1ncccn1. The number of ketones is 3. The van der Waals surface area contributed by atoms with Gasteiger partial charge in [0.2, 0.25) is 5.78 Å². The fourth-order valence-corrected chi connectivity index (χ4v) is 4.41. The van der Waals surface area contributed by atoms with Gasteiger partial charge in [-0.1, -0.05) is 38.1 Å². The zero-order chi connectivity index (χ0) is 20.3. The van der Waals surface area contributed by atoms with E-state index >= 15 is 0 Å². The Morgan fingerprint density at radius 2 is 1.55 bits per heavy atom. The number of Topliss-reactive ketones (excluding diaryl/α,β-unsaturated/α-hetero) is 3. The number of nitrogens with zero attached hydrogens (tertiary/aromatic N) is 2. The van der Waals surface area contributed by atoms with Crippen molar-refractivity contribution in [2.45, 2.75) is 32.6 Å². The van der Waals surface area contributed by atoms with Gasteiger partial charge in [0.15, 0.2) is 17.3 Å². The summed E-state index contributed by atoms with van der Waals surface area (Å²) in [4.78, 5) is 48.4. The summed E-state index contributed by atoms with van der Waals surface area (Å²) < 4.78 is 6.00. The first kappa shape index (κ1) is 17.7. The molecule has 2 aliphatic carbocycles. The minimum Gasteiger partial charge on any atom is -0.457 e. The number of benzene rings is 1. The largest absolute Gasteiger partial charge is 0.457 e. The summed E-state index contributed by atoms with van der Waals surface area (Å²) in [5.74, 6) is -0.805. The number of carbonyl (C=O) groups excluding carboxylic acids is 3. The minimum atomic E-state index is -0.802. The van der Waals surface area contributed by atoms with Crippen molar-refractivity contribution in [2.75, 3.05) is 0 Å². The number of allylic oxidation sites excluding steroid dienone is 4. The van der Waals surface area contributed by atoms with E-state index in [1.165, 1.54) is 0 Å². The average molecular weight is 386 g/mol. The van der Waals surface area contributed by atoms with Crippen LogP contribution in [0.2, 0.25) is 0 Å². The van der Waals surface area contributed by atoms with Crippen LogP contribution in [0.4, 0.5) is 0 Å². The van der Waals surface area contributed by atoms with Crippen molar-refractivity contribution in [1.82, 2.24) is 9.97 Å². The number of hydrogen-bond acceptors (Lipinski definition) is 6. The van der Waals surface area contributed by atoms with Crippen LogP contribution in [0, 0.1) is 5.41 Å². The van der Waals surface area contributed by atoms with Crippen LogP contribution >= 0.6 is 0 Å². The lowest BCUT2D eigenvalue weighted by atomic mass is 9.69. The monoisotopic (exact) mass is 386 g/mol. The highest BCUT2D eigenvalue weighted by atomic mass is 16.5. The van der Waals surface area contributed by atoms with Crippen LogP contribution in [-0.2, 0) is 9.53 Å². The Labute approximate surface area is 167 Å². The number of aromatic nitrogens is 2. The van der Waals surface area contributed by atoms with Crippen LogP contribution in [0.25, 0.3) is 0 Å². The van der Waals surface area contributed by atoms with E-state index in [1.807, 2.05) is 13.8 Å². The van der Waals surface area contributed by atoms with Crippen molar-refractivity contribution in [3.8, 4) is 0 Å². The minimum absolute atomic E-state index is 0.00426. The van der Waals surface area contributed by atoms with Crippen molar-refractivity contribution >= 4 is 17.3 Å². The maximum Gasteiger partial charge on any atom is 0.229 e. The predicted octanol–water partition coefficient (Wildman–Crippen LogP) is 3.57. The Morgan fingerprint density at radius 3 is 2.24 bits per heavy atom. The first-order valence-electron chi connectivity index (χ1n) is 9.51. The van der Waals surface area contributed by atoms with E-state index in [0.29, 0.717) is 41.1 Å². The quantitative estimate of drug-likeness (QED) is 0.745. The summed E-state index contributed by atoms with van der Waals surface area (Å²) in [5.41, 5.74) is 0.889. The van der Waals surface area contributed by atoms with Gasteiger partial charge in [-0.3, -0.25) is 14.4 Å². The van der Waals surface area contributed by atoms with E-state index in [0.717, 1.165) is 0 Å². The zero-order valence-corrected chi connectivity index (χ0v) is 16.1. The van der Waals surface area contributed by atoms with Gasteiger partial charge in [0.25, 0.3) is 0 Å². The topological polar surface area (TPSA) is 86.2 Å². The molecule has 2 aromatic rings. The second kappa shape index (κ2) is 6.04. The van der Waals surface area contributed by atoms with Crippen molar-refractivity contribution in [2.24, 2.45) is 5.41 Å². The average Bonchev–Trinajstić information content (AvgIpc) is 2.70. The first-order valence-corrected chi connectivity index (χ1v) is 9.51. The predicted molar refractivity (Wildman–Crippen MR) is 103 cm³/mol. The highest BCUT2D eigenvalue weighted by molar-refractivity contribution is 6.27. The fourth-order valence-electron chi connectivity index (χ4n) is 4.41. The molecular formula is C23H18N2O4. The zero-order valence-electron chi connectivity index (χ0n) is 16.1. The Morgan fingerprint density at radius 1 is 0.897 bits per heavy atom.